The van der Waals surface area contributed by atoms with Crippen LogP contribution in [0.25, 0.3) is 0 Å². The van der Waals surface area contributed by atoms with E-state index in [1.54, 1.807) is 37.3 Å². The van der Waals surface area contributed by atoms with Gasteiger partial charge in [-0.2, -0.15) is 0 Å². The highest BCUT2D eigenvalue weighted by atomic mass is 35.5. The lowest BCUT2D eigenvalue weighted by Crippen LogP contribution is -2.55. The molecule has 0 aromatic heterocycles. The van der Waals surface area contributed by atoms with Crippen molar-refractivity contribution in [3.63, 3.8) is 0 Å². The number of rotatable bonds is 10. The molecular weight excluding hydrogens is 588 g/mol. The molecule has 3 aromatic rings. The van der Waals surface area contributed by atoms with Gasteiger partial charge < -0.3 is 10.2 Å². The van der Waals surface area contributed by atoms with Gasteiger partial charge in [-0.3, -0.25) is 13.9 Å². The molecule has 0 unspecified atom stereocenters. The van der Waals surface area contributed by atoms with E-state index in [1.807, 2.05) is 27.7 Å². The molecule has 0 spiro atoms. The van der Waals surface area contributed by atoms with Crippen LogP contribution in [-0.4, -0.2) is 43.3 Å². The number of carbonyl (C=O) groups is 2. The van der Waals surface area contributed by atoms with Crippen molar-refractivity contribution < 1.29 is 22.4 Å². The maximum atomic E-state index is 14.1. The SMILES string of the molecule is CC[C@@H](C(=O)NC(C)(C)C)N(Cc1c(Cl)cccc1Cl)C(=O)CN(c1ccc(F)cc1)S(=O)(=O)c1ccc(C)cc1. The molecule has 1 N–H and O–H groups in total. The van der Waals surface area contributed by atoms with Gasteiger partial charge in [0.25, 0.3) is 10.0 Å². The van der Waals surface area contributed by atoms with Crippen LogP contribution < -0.4 is 9.62 Å². The first-order chi connectivity index (χ1) is 19.1. The lowest BCUT2D eigenvalue weighted by Gasteiger charge is -2.35. The Hall–Kier alpha value is -3.14. The fourth-order valence-electron chi connectivity index (χ4n) is 4.20. The number of carbonyl (C=O) groups excluding carboxylic acids is 2. The van der Waals surface area contributed by atoms with Gasteiger partial charge in [-0.1, -0.05) is 53.9 Å². The van der Waals surface area contributed by atoms with Crippen molar-refractivity contribution in [3.8, 4) is 0 Å². The van der Waals surface area contributed by atoms with Crippen LogP contribution in [0.15, 0.2) is 71.6 Å². The highest BCUT2D eigenvalue weighted by Crippen LogP contribution is 2.29. The zero-order chi connectivity index (χ0) is 30.5. The van der Waals surface area contributed by atoms with Gasteiger partial charge in [0.1, 0.15) is 18.4 Å². The van der Waals surface area contributed by atoms with Crippen LogP contribution in [0, 0.1) is 12.7 Å². The molecule has 0 heterocycles. The summed E-state index contributed by atoms with van der Waals surface area (Å²) in [6, 6.07) is 14.9. The molecular formula is C30H34Cl2FN3O4S. The van der Waals surface area contributed by atoms with Crippen LogP contribution in [0.5, 0.6) is 0 Å². The Bertz CT molecular complexity index is 1470. The fourth-order valence-corrected chi connectivity index (χ4v) is 6.13. The minimum absolute atomic E-state index is 0.0431. The second kappa shape index (κ2) is 13.2. The number of benzene rings is 3. The Morgan fingerprint density at radius 1 is 0.951 bits per heavy atom. The molecule has 0 aliphatic carbocycles. The number of nitrogens with one attached hydrogen (secondary N) is 1. The summed E-state index contributed by atoms with van der Waals surface area (Å²) in [5, 5.41) is 3.49. The van der Waals surface area contributed by atoms with Crippen LogP contribution in [0.1, 0.15) is 45.2 Å². The van der Waals surface area contributed by atoms with E-state index in [4.69, 9.17) is 23.2 Å². The van der Waals surface area contributed by atoms with Crippen molar-refractivity contribution in [2.75, 3.05) is 10.8 Å². The van der Waals surface area contributed by atoms with Crippen LogP contribution in [0.3, 0.4) is 0 Å². The molecule has 11 heteroatoms. The zero-order valence-corrected chi connectivity index (χ0v) is 25.9. The second-order valence-corrected chi connectivity index (χ2v) is 13.4. The maximum Gasteiger partial charge on any atom is 0.264 e. The number of halogens is 3. The molecule has 0 saturated heterocycles. The molecule has 0 aliphatic rings. The Morgan fingerprint density at radius 2 is 1.51 bits per heavy atom. The predicted molar refractivity (Wildman–Crippen MR) is 161 cm³/mol. The molecule has 3 aromatic carbocycles. The number of nitrogens with zero attached hydrogens (tertiary/aromatic N) is 2. The van der Waals surface area contributed by atoms with Crippen molar-refractivity contribution in [1.29, 1.82) is 0 Å². The van der Waals surface area contributed by atoms with E-state index < -0.39 is 45.8 Å². The molecule has 41 heavy (non-hydrogen) atoms. The largest absolute Gasteiger partial charge is 0.350 e. The first kappa shape index (κ1) is 32.4. The van der Waals surface area contributed by atoms with Gasteiger partial charge in [-0.05, 0) is 82.6 Å². The summed E-state index contributed by atoms with van der Waals surface area (Å²) in [6.07, 6.45) is 0.233. The van der Waals surface area contributed by atoms with Crippen LogP contribution in [0.4, 0.5) is 10.1 Å². The summed E-state index contributed by atoms with van der Waals surface area (Å²) >= 11 is 12.9. The number of hydrogen-bond acceptors (Lipinski definition) is 4. The topological polar surface area (TPSA) is 86.8 Å². The molecule has 2 amide bonds. The molecule has 0 bridgehead atoms. The van der Waals surface area contributed by atoms with Gasteiger partial charge in [-0.15, -0.1) is 0 Å². The first-order valence-corrected chi connectivity index (χ1v) is 15.2. The van der Waals surface area contributed by atoms with Crippen molar-refractivity contribution in [2.24, 2.45) is 0 Å². The van der Waals surface area contributed by atoms with E-state index in [1.165, 1.54) is 29.2 Å². The smallest absolute Gasteiger partial charge is 0.264 e. The van der Waals surface area contributed by atoms with Crippen LogP contribution in [0.2, 0.25) is 10.0 Å². The Kier molecular flexibility index (Phi) is 10.4. The van der Waals surface area contributed by atoms with E-state index >= 15 is 0 Å². The third-order valence-corrected chi connectivity index (χ3v) is 8.77. The average molecular weight is 623 g/mol. The normalized spacial score (nSPS) is 12.5. The number of aryl methyl sites for hydroxylation is 1. The summed E-state index contributed by atoms with van der Waals surface area (Å²) in [4.78, 5) is 28.7. The molecule has 7 nitrogen and oxygen atoms in total. The molecule has 0 aliphatic heterocycles. The van der Waals surface area contributed by atoms with Gasteiger partial charge in [0.2, 0.25) is 11.8 Å². The number of hydrogen-bond donors (Lipinski definition) is 1. The van der Waals surface area contributed by atoms with Crippen molar-refractivity contribution >= 4 is 50.7 Å². The van der Waals surface area contributed by atoms with Gasteiger partial charge in [0.05, 0.1) is 10.6 Å². The number of sulfonamides is 1. The molecule has 1 atom stereocenters. The van der Waals surface area contributed by atoms with Crippen LogP contribution >= 0.6 is 23.2 Å². The quantitative estimate of drug-likeness (QED) is 0.285. The molecule has 0 saturated carbocycles. The number of amides is 2. The monoisotopic (exact) mass is 621 g/mol. The van der Waals surface area contributed by atoms with Gasteiger partial charge in [-0.25, -0.2) is 12.8 Å². The van der Waals surface area contributed by atoms with E-state index in [0.29, 0.717) is 15.6 Å². The van der Waals surface area contributed by atoms with E-state index in [-0.39, 0.29) is 23.5 Å². The van der Waals surface area contributed by atoms with E-state index in [2.05, 4.69) is 5.32 Å². The maximum absolute atomic E-state index is 14.1. The molecule has 0 fully saturated rings. The minimum Gasteiger partial charge on any atom is -0.350 e. The van der Waals surface area contributed by atoms with Gasteiger partial charge in [0.15, 0.2) is 0 Å². The van der Waals surface area contributed by atoms with Crippen LogP contribution in [-0.2, 0) is 26.2 Å². The summed E-state index contributed by atoms with van der Waals surface area (Å²) < 4.78 is 42.4. The van der Waals surface area contributed by atoms with Crippen molar-refractivity contribution in [2.45, 2.75) is 64.1 Å². The second-order valence-electron chi connectivity index (χ2n) is 10.7. The highest BCUT2D eigenvalue weighted by Gasteiger charge is 2.35. The van der Waals surface area contributed by atoms with Crippen molar-refractivity contribution in [3.05, 3.63) is 93.7 Å². The lowest BCUT2D eigenvalue weighted by atomic mass is 10.1. The zero-order valence-electron chi connectivity index (χ0n) is 23.6. The summed E-state index contributed by atoms with van der Waals surface area (Å²) in [6.45, 7) is 8.22. The minimum atomic E-state index is -4.27. The summed E-state index contributed by atoms with van der Waals surface area (Å²) in [5.74, 6) is -1.64. The third-order valence-electron chi connectivity index (χ3n) is 6.28. The summed E-state index contributed by atoms with van der Waals surface area (Å²) in [7, 11) is -4.27. The Labute approximate surface area is 251 Å². The fraction of sp³-hybridized carbons (Fsp3) is 0.333. The Balaban J connectivity index is 2.11. The highest BCUT2D eigenvalue weighted by molar-refractivity contribution is 7.92. The number of anilines is 1. The first-order valence-electron chi connectivity index (χ1n) is 13.0. The molecule has 0 radical (unpaired) electrons. The van der Waals surface area contributed by atoms with E-state index in [9.17, 15) is 22.4 Å². The van der Waals surface area contributed by atoms with Gasteiger partial charge in [0, 0.05) is 27.7 Å². The molecule has 3 rings (SSSR count). The summed E-state index contributed by atoms with van der Waals surface area (Å²) in [5.41, 5.74) is 0.770. The Morgan fingerprint density at radius 3 is 2.02 bits per heavy atom. The van der Waals surface area contributed by atoms with Gasteiger partial charge >= 0.3 is 0 Å². The predicted octanol–water partition coefficient (Wildman–Crippen LogP) is 6.36. The van der Waals surface area contributed by atoms with Crippen molar-refractivity contribution in [1.82, 2.24) is 10.2 Å². The molecule has 220 valence electrons. The average Bonchev–Trinajstić information content (AvgIpc) is 2.88. The standard InChI is InChI=1S/C30H34Cl2FN3O4S/c1-6-27(29(38)34-30(3,4)5)35(18-24-25(31)8-7-9-26(24)32)28(37)19-36(22-14-12-21(33)13-15-22)41(39,40)23-16-10-20(2)11-17-23/h7-17,27H,6,18-19H2,1-5H3,(H,34,38)/t27-/m0/s1. The van der Waals surface area contributed by atoms with E-state index in [0.717, 1.165) is 22.0 Å². The lowest BCUT2D eigenvalue weighted by molar-refractivity contribution is -0.141. The third kappa shape index (κ3) is 8.21.